The maximum absolute atomic E-state index is 12.8. The molecule has 0 aromatic heterocycles. The first-order chi connectivity index (χ1) is 30.8. The zero-order chi connectivity index (χ0) is 45.9. The van der Waals surface area contributed by atoms with Crippen LogP contribution in [0.15, 0.2) is 97.2 Å². The van der Waals surface area contributed by atoms with E-state index in [-0.39, 0.29) is 26.1 Å². The third-order valence-electron chi connectivity index (χ3n) is 10.4. The minimum atomic E-state index is -1.62. The molecular weight excluding hydrogens is 797 g/mol. The second kappa shape index (κ2) is 42.6. The van der Waals surface area contributed by atoms with Crippen molar-refractivity contribution in [2.75, 3.05) is 19.8 Å². The summed E-state index contributed by atoms with van der Waals surface area (Å²) < 4.78 is 22.1. The Morgan fingerprint density at radius 1 is 0.492 bits per heavy atom. The van der Waals surface area contributed by atoms with Gasteiger partial charge < -0.3 is 39.4 Å². The summed E-state index contributed by atoms with van der Waals surface area (Å²) in [6, 6.07) is 0. The molecule has 1 aliphatic heterocycles. The lowest BCUT2D eigenvalue weighted by atomic mass is 9.99. The molecule has 0 amide bonds. The van der Waals surface area contributed by atoms with Gasteiger partial charge in [0.25, 0.3) is 0 Å². The standard InChI is InChI=1S/C53H86O10/c1-3-5-7-9-11-13-15-17-19-21-22-23-24-26-28-30-32-34-36-38-40-42-49(56)62-46(45-61-53-52(59)51(58)50(57)47(43-54)63-53)44-60-48(55)41-39-37-35-33-31-29-27-25-20-18-16-14-12-10-8-6-4-2/h8,10,14,16,19-21,23-25,28-31,34,36,46-47,50-54,57-59H,3-7,9,11-13,15,17-18,22,26-27,32-33,35,37-45H2,1-2H3/b10-8+,16-14+,21-19+,24-23+,25-20+,30-28+,31-29+,36-34+/t46-,47-,50+,51?,52?,53-/m1/s1. The maximum atomic E-state index is 12.8. The van der Waals surface area contributed by atoms with Gasteiger partial charge in [-0.3, -0.25) is 9.59 Å². The number of carbonyl (C=O) groups is 2. The van der Waals surface area contributed by atoms with Crippen LogP contribution in [-0.4, -0.2) is 89.0 Å². The number of ether oxygens (including phenoxy) is 4. The molecule has 1 saturated heterocycles. The number of rotatable bonds is 39. The van der Waals surface area contributed by atoms with E-state index in [1.54, 1.807) is 0 Å². The van der Waals surface area contributed by atoms with Gasteiger partial charge in [-0.15, -0.1) is 0 Å². The number of unbranched alkanes of at least 4 members (excludes halogenated alkanes) is 12. The topological polar surface area (TPSA) is 152 Å². The summed E-state index contributed by atoms with van der Waals surface area (Å²) in [5.74, 6) is -0.917. The Bertz CT molecular complexity index is 1340. The minimum Gasteiger partial charge on any atom is -0.462 e. The maximum Gasteiger partial charge on any atom is 0.306 e. The van der Waals surface area contributed by atoms with E-state index in [0.717, 1.165) is 64.2 Å². The summed E-state index contributed by atoms with van der Waals surface area (Å²) in [4.78, 5) is 25.4. The number of aliphatic hydroxyl groups is 4. The second-order valence-corrected chi connectivity index (χ2v) is 16.2. The Morgan fingerprint density at radius 2 is 0.937 bits per heavy atom. The summed E-state index contributed by atoms with van der Waals surface area (Å²) in [5, 5.41) is 40.1. The van der Waals surface area contributed by atoms with Crippen molar-refractivity contribution < 1.29 is 49.0 Å². The van der Waals surface area contributed by atoms with Gasteiger partial charge in [0.15, 0.2) is 12.4 Å². The van der Waals surface area contributed by atoms with Gasteiger partial charge in [0.05, 0.1) is 13.2 Å². The molecule has 10 heteroatoms. The van der Waals surface area contributed by atoms with Crippen molar-refractivity contribution in [3.63, 3.8) is 0 Å². The molecule has 63 heavy (non-hydrogen) atoms. The number of hydrogen-bond acceptors (Lipinski definition) is 10. The van der Waals surface area contributed by atoms with Gasteiger partial charge in [-0.05, 0) is 89.9 Å². The highest BCUT2D eigenvalue weighted by Crippen LogP contribution is 2.22. The smallest absolute Gasteiger partial charge is 0.306 e. The van der Waals surface area contributed by atoms with E-state index >= 15 is 0 Å². The number of aliphatic hydroxyl groups excluding tert-OH is 4. The predicted molar refractivity (Wildman–Crippen MR) is 256 cm³/mol. The minimum absolute atomic E-state index is 0.141. The highest BCUT2D eigenvalue weighted by atomic mass is 16.7. The van der Waals surface area contributed by atoms with Crippen molar-refractivity contribution in [2.24, 2.45) is 0 Å². The van der Waals surface area contributed by atoms with E-state index in [0.29, 0.717) is 19.3 Å². The first-order valence-electron chi connectivity index (χ1n) is 24.3. The number of carbonyl (C=O) groups excluding carboxylic acids is 2. The highest BCUT2D eigenvalue weighted by Gasteiger charge is 2.44. The van der Waals surface area contributed by atoms with Crippen LogP contribution < -0.4 is 0 Å². The van der Waals surface area contributed by atoms with Gasteiger partial charge in [0.2, 0.25) is 0 Å². The molecule has 1 rings (SSSR count). The van der Waals surface area contributed by atoms with Crippen molar-refractivity contribution in [3.8, 4) is 0 Å². The molecule has 0 aromatic carbocycles. The lowest BCUT2D eigenvalue weighted by molar-refractivity contribution is -0.305. The van der Waals surface area contributed by atoms with Crippen LogP contribution in [0.4, 0.5) is 0 Å². The Morgan fingerprint density at radius 3 is 1.44 bits per heavy atom. The summed E-state index contributed by atoms with van der Waals surface area (Å²) in [7, 11) is 0. The van der Waals surface area contributed by atoms with Gasteiger partial charge in [-0.1, -0.05) is 162 Å². The molecule has 0 aromatic rings. The molecule has 0 bridgehead atoms. The molecule has 1 heterocycles. The van der Waals surface area contributed by atoms with E-state index in [1.165, 1.54) is 57.8 Å². The normalized spacial score (nSPS) is 20.4. The largest absolute Gasteiger partial charge is 0.462 e. The van der Waals surface area contributed by atoms with Crippen LogP contribution in [0.3, 0.4) is 0 Å². The molecule has 0 radical (unpaired) electrons. The Hall–Kier alpha value is -3.38. The molecule has 10 nitrogen and oxygen atoms in total. The van der Waals surface area contributed by atoms with E-state index < -0.39 is 55.4 Å². The van der Waals surface area contributed by atoms with Gasteiger partial charge in [0, 0.05) is 12.8 Å². The molecule has 0 aliphatic carbocycles. The number of allylic oxidation sites excluding steroid dienone is 16. The fourth-order valence-electron chi connectivity index (χ4n) is 6.58. The Balaban J connectivity index is 2.38. The van der Waals surface area contributed by atoms with Gasteiger partial charge >= 0.3 is 11.9 Å². The average Bonchev–Trinajstić information content (AvgIpc) is 3.28. The first-order valence-corrected chi connectivity index (χ1v) is 24.3. The average molecular weight is 883 g/mol. The van der Waals surface area contributed by atoms with Crippen LogP contribution in [0.2, 0.25) is 0 Å². The predicted octanol–water partition coefficient (Wildman–Crippen LogP) is 11.1. The van der Waals surface area contributed by atoms with Crippen molar-refractivity contribution in [1.29, 1.82) is 0 Å². The second-order valence-electron chi connectivity index (χ2n) is 16.2. The van der Waals surface area contributed by atoms with Crippen LogP contribution in [0.25, 0.3) is 0 Å². The summed E-state index contributed by atoms with van der Waals surface area (Å²) in [5.41, 5.74) is 0. The fraction of sp³-hybridized carbons (Fsp3) is 0.660. The number of hydrogen-bond donors (Lipinski definition) is 4. The van der Waals surface area contributed by atoms with Gasteiger partial charge in [-0.2, -0.15) is 0 Å². The molecule has 4 N–H and O–H groups in total. The molecule has 6 atom stereocenters. The van der Waals surface area contributed by atoms with Crippen LogP contribution in [0.1, 0.15) is 168 Å². The third-order valence-corrected chi connectivity index (χ3v) is 10.4. The van der Waals surface area contributed by atoms with Crippen molar-refractivity contribution >= 4 is 11.9 Å². The highest BCUT2D eigenvalue weighted by molar-refractivity contribution is 5.70. The summed E-state index contributed by atoms with van der Waals surface area (Å²) in [6.45, 7) is 3.25. The summed E-state index contributed by atoms with van der Waals surface area (Å²) in [6.07, 6.45) is 49.9. The van der Waals surface area contributed by atoms with Crippen molar-refractivity contribution in [1.82, 2.24) is 0 Å². The SMILES string of the molecule is CCC/C=C/C/C=C/C/C=C/C/C=C/CCCCCC(=O)OC[C@H](CO[C@@H]1O[C@H](CO)[C@H](O)C(O)C1O)OC(=O)CCC/C=C/C/C=C/C/C=C/C/C=C/CCCCCCCCC. The van der Waals surface area contributed by atoms with Crippen LogP contribution in [0.5, 0.6) is 0 Å². The Labute approximate surface area is 381 Å². The first kappa shape index (κ1) is 57.6. The van der Waals surface area contributed by atoms with Gasteiger partial charge in [-0.25, -0.2) is 0 Å². The van der Waals surface area contributed by atoms with Crippen molar-refractivity contribution in [2.45, 2.75) is 205 Å². The molecule has 1 fully saturated rings. The van der Waals surface area contributed by atoms with E-state index in [4.69, 9.17) is 18.9 Å². The van der Waals surface area contributed by atoms with Gasteiger partial charge in [0.1, 0.15) is 31.0 Å². The Kier molecular flexibility index (Phi) is 38.9. The fourth-order valence-corrected chi connectivity index (χ4v) is 6.58. The zero-order valence-electron chi connectivity index (χ0n) is 39.0. The van der Waals surface area contributed by atoms with E-state index in [9.17, 15) is 30.0 Å². The molecule has 2 unspecified atom stereocenters. The quantitative estimate of drug-likeness (QED) is 0.0267. The van der Waals surface area contributed by atoms with Crippen molar-refractivity contribution in [3.05, 3.63) is 97.2 Å². The van der Waals surface area contributed by atoms with Crippen LogP contribution in [-0.2, 0) is 28.5 Å². The van der Waals surface area contributed by atoms with Crippen LogP contribution >= 0.6 is 0 Å². The number of esters is 2. The zero-order valence-corrected chi connectivity index (χ0v) is 39.0. The molecule has 358 valence electrons. The molecule has 0 spiro atoms. The monoisotopic (exact) mass is 883 g/mol. The summed E-state index contributed by atoms with van der Waals surface area (Å²) >= 11 is 0. The van der Waals surface area contributed by atoms with E-state index in [2.05, 4.69) is 105 Å². The molecular formula is C53H86O10. The van der Waals surface area contributed by atoms with E-state index in [1.807, 2.05) is 6.08 Å². The molecule has 0 saturated carbocycles. The van der Waals surface area contributed by atoms with Crippen LogP contribution in [0, 0.1) is 0 Å². The lowest BCUT2D eigenvalue weighted by Crippen LogP contribution is -2.59. The molecule has 1 aliphatic rings. The lowest BCUT2D eigenvalue weighted by Gasteiger charge is -2.39. The third kappa shape index (κ3) is 33.8.